The zero-order valence-corrected chi connectivity index (χ0v) is 14.8. The number of amides is 1. The summed E-state index contributed by atoms with van der Waals surface area (Å²) in [6.45, 7) is 0.0157. The Bertz CT molecular complexity index is 757. The molecule has 1 N–H and O–H groups in total. The van der Waals surface area contributed by atoms with E-state index >= 15 is 0 Å². The summed E-state index contributed by atoms with van der Waals surface area (Å²) >= 11 is 3.31. The normalized spacial score (nSPS) is 15.2. The van der Waals surface area contributed by atoms with Crippen molar-refractivity contribution in [3.63, 3.8) is 0 Å². The fourth-order valence-corrected chi connectivity index (χ4v) is 2.75. The number of nitrogens with zero attached hydrogens (tertiary/aromatic N) is 1. The zero-order chi connectivity index (χ0) is 17.9. The fraction of sp³-hybridized carbons (Fsp3) is 0.222. The molecule has 1 aliphatic heterocycles. The summed E-state index contributed by atoms with van der Waals surface area (Å²) in [5.41, 5.74) is -0.577. The molecule has 130 valence electrons. The summed E-state index contributed by atoms with van der Waals surface area (Å²) in [5.74, 6) is -0.676. The highest BCUT2D eigenvalue weighted by molar-refractivity contribution is 9.10. The molecule has 0 aliphatic carbocycles. The summed E-state index contributed by atoms with van der Waals surface area (Å²) in [5, 5.41) is 9.49. The van der Waals surface area contributed by atoms with E-state index in [4.69, 9.17) is 9.47 Å². The average molecular weight is 406 g/mol. The number of hydrogen-bond donors (Lipinski definition) is 1. The van der Waals surface area contributed by atoms with Gasteiger partial charge in [0.2, 0.25) is 5.60 Å². The Hall–Kier alpha value is -2.54. The minimum Gasteiger partial charge on any atom is -0.478 e. The van der Waals surface area contributed by atoms with E-state index in [0.717, 1.165) is 10.0 Å². The second kappa shape index (κ2) is 7.14. The maximum Gasteiger partial charge on any atom is 0.410 e. The average Bonchev–Trinajstić information content (AvgIpc) is 2.58. The lowest BCUT2D eigenvalue weighted by Gasteiger charge is -2.45. The standard InChI is InChI=1S/C18H16BrNO5/c19-14-6-8-15(9-7-14)25-18(16(21)22)11-20(12-18)17(23)24-10-13-4-2-1-3-5-13/h1-9H,10-12H2,(H,21,22). The van der Waals surface area contributed by atoms with Gasteiger partial charge in [-0.2, -0.15) is 0 Å². The van der Waals surface area contributed by atoms with E-state index < -0.39 is 17.7 Å². The van der Waals surface area contributed by atoms with E-state index in [1.165, 1.54) is 4.90 Å². The third kappa shape index (κ3) is 3.93. The van der Waals surface area contributed by atoms with Crippen LogP contribution < -0.4 is 4.74 Å². The highest BCUT2D eigenvalue weighted by Crippen LogP contribution is 2.29. The maximum atomic E-state index is 12.1. The molecule has 0 spiro atoms. The molecule has 2 aromatic carbocycles. The molecule has 1 aliphatic rings. The van der Waals surface area contributed by atoms with Gasteiger partial charge < -0.3 is 14.6 Å². The number of halogens is 1. The third-order valence-electron chi connectivity index (χ3n) is 3.87. The molecule has 1 saturated heterocycles. The molecule has 2 aromatic rings. The van der Waals surface area contributed by atoms with Crippen LogP contribution in [0.3, 0.4) is 0 Å². The van der Waals surface area contributed by atoms with Crippen LogP contribution in [0.15, 0.2) is 59.1 Å². The predicted molar refractivity (Wildman–Crippen MR) is 93.3 cm³/mol. The molecule has 0 unspecified atom stereocenters. The molecule has 0 aromatic heterocycles. The van der Waals surface area contributed by atoms with Crippen molar-refractivity contribution in [3.8, 4) is 5.75 Å². The molecular weight excluding hydrogens is 390 g/mol. The van der Waals surface area contributed by atoms with Crippen LogP contribution in [0.2, 0.25) is 0 Å². The number of rotatable bonds is 5. The Morgan fingerprint density at radius 1 is 1.08 bits per heavy atom. The summed E-state index contributed by atoms with van der Waals surface area (Å²) in [7, 11) is 0. The van der Waals surface area contributed by atoms with Crippen molar-refractivity contribution in [2.75, 3.05) is 13.1 Å². The van der Waals surface area contributed by atoms with Crippen molar-refractivity contribution in [1.82, 2.24) is 4.90 Å². The molecule has 0 radical (unpaired) electrons. The Balaban J connectivity index is 1.57. The smallest absolute Gasteiger partial charge is 0.410 e. The monoisotopic (exact) mass is 405 g/mol. The Morgan fingerprint density at radius 2 is 1.72 bits per heavy atom. The van der Waals surface area contributed by atoms with Gasteiger partial charge in [-0.15, -0.1) is 0 Å². The Labute approximate surface area is 153 Å². The van der Waals surface area contributed by atoms with E-state index in [1.54, 1.807) is 24.3 Å². The van der Waals surface area contributed by atoms with E-state index in [0.29, 0.717) is 5.75 Å². The van der Waals surface area contributed by atoms with Crippen molar-refractivity contribution >= 4 is 28.0 Å². The van der Waals surface area contributed by atoms with Crippen LogP contribution in [0, 0.1) is 0 Å². The molecule has 1 amide bonds. The SMILES string of the molecule is O=C(OCc1ccccc1)N1CC(Oc2ccc(Br)cc2)(C(=O)O)C1. The molecule has 0 bridgehead atoms. The molecule has 0 atom stereocenters. The molecule has 0 saturated carbocycles. The predicted octanol–water partition coefficient (Wildman–Crippen LogP) is 3.30. The highest BCUT2D eigenvalue weighted by Gasteiger charge is 2.54. The van der Waals surface area contributed by atoms with Crippen LogP contribution in [-0.4, -0.2) is 40.8 Å². The second-order valence-electron chi connectivity index (χ2n) is 5.75. The zero-order valence-electron chi connectivity index (χ0n) is 13.2. The van der Waals surface area contributed by atoms with Crippen LogP contribution in [0.1, 0.15) is 5.56 Å². The largest absolute Gasteiger partial charge is 0.478 e. The number of ether oxygens (including phenoxy) is 2. The van der Waals surface area contributed by atoms with E-state index in [1.807, 2.05) is 30.3 Å². The lowest BCUT2D eigenvalue weighted by molar-refractivity contribution is -0.169. The van der Waals surface area contributed by atoms with Crippen molar-refractivity contribution < 1.29 is 24.2 Å². The highest BCUT2D eigenvalue weighted by atomic mass is 79.9. The number of carboxylic acid groups (broad SMARTS) is 1. The van der Waals surface area contributed by atoms with Crippen LogP contribution in [0.25, 0.3) is 0 Å². The van der Waals surface area contributed by atoms with Gasteiger partial charge in [-0.3, -0.25) is 4.90 Å². The first-order valence-corrected chi connectivity index (χ1v) is 8.41. The lowest BCUT2D eigenvalue weighted by Crippen LogP contribution is -2.70. The van der Waals surface area contributed by atoms with E-state index in [2.05, 4.69) is 15.9 Å². The molecule has 1 fully saturated rings. The first-order valence-electron chi connectivity index (χ1n) is 7.62. The Morgan fingerprint density at radius 3 is 2.32 bits per heavy atom. The maximum absolute atomic E-state index is 12.1. The van der Waals surface area contributed by atoms with E-state index in [9.17, 15) is 14.7 Å². The molecular formula is C18H16BrNO5. The van der Waals surface area contributed by atoms with Gasteiger partial charge in [0, 0.05) is 4.47 Å². The van der Waals surface area contributed by atoms with Crippen molar-refractivity contribution in [3.05, 3.63) is 64.6 Å². The number of benzene rings is 2. The number of carbonyl (C=O) groups is 2. The van der Waals surface area contributed by atoms with Crippen LogP contribution >= 0.6 is 15.9 Å². The quantitative estimate of drug-likeness (QED) is 0.825. The van der Waals surface area contributed by atoms with Gasteiger partial charge in [-0.25, -0.2) is 9.59 Å². The molecule has 25 heavy (non-hydrogen) atoms. The van der Waals surface area contributed by atoms with Gasteiger partial charge >= 0.3 is 12.1 Å². The summed E-state index contributed by atoms with van der Waals surface area (Å²) in [6.07, 6.45) is -0.555. The van der Waals surface area contributed by atoms with Crippen molar-refractivity contribution in [2.24, 2.45) is 0 Å². The number of aliphatic carboxylic acids is 1. The molecule has 7 heteroatoms. The van der Waals surface area contributed by atoms with Crippen LogP contribution in [-0.2, 0) is 16.1 Å². The first kappa shape index (κ1) is 17.3. The molecule has 3 rings (SSSR count). The fourth-order valence-electron chi connectivity index (χ4n) is 2.48. The van der Waals surface area contributed by atoms with Gasteiger partial charge in [0.15, 0.2) is 0 Å². The first-order chi connectivity index (χ1) is 12.0. The van der Waals surface area contributed by atoms with Crippen molar-refractivity contribution in [2.45, 2.75) is 12.2 Å². The number of likely N-dealkylation sites (tertiary alicyclic amines) is 1. The van der Waals surface area contributed by atoms with Crippen molar-refractivity contribution in [1.29, 1.82) is 0 Å². The summed E-state index contributed by atoms with van der Waals surface area (Å²) in [4.78, 5) is 25.0. The Kier molecular flexibility index (Phi) is 4.94. The number of carbonyl (C=O) groups excluding carboxylic acids is 1. The third-order valence-corrected chi connectivity index (χ3v) is 4.40. The van der Waals surface area contributed by atoms with Gasteiger partial charge in [0.1, 0.15) is 12.4 Å². The summed E-state index contributed by atoms with van der Waals surface area (Å²) < 4.78 is 11.7. The van der Waals surface area contributed by atoms with E-state index in [-0.39, 0.29) is 19.7 Å². The minimum absolute atomic E-state index is 0.0635. The van der Waals surface area contributed by atoms with Gasteiger partial charge in [0.05, 0.1) is 13.1 Å². The second-order valence-corrected chi connectivity index (χ2v) is 6.67. The lowest BCUT2D eigenvalue weighted by atomic mass is 9.94. The van der Waals surface area contributed by atoms with Gasteiger partial charge in [-0.05, 0) is 29.8 Å². The van der Waals surface area contributed by atoms with Gasteiger partial charge in [0.25, 0.3) is 0 Å². The minimum atomic E-state index is -1.44. The van der Waals surface area contributed by atoms with Crippen LogP contribution in [0.4, 0.5) is 4.79 Å². The van der Waals surface area contributed by atoms with Gasteiger partial charge in [-0.1, -0.05) is 46.3 Å². The summed E-state index contributed by atoms with van der Waals surface area (Å²) in [6, 6.07) is 16.1. The van der Waals surface area contributed by atoms with Crippen LogP contribution in [0.5, 0.6) is 5.75 Å². The topological polar surface area (TPSA) is 76.1 Å². The molecule has 1 heterocycles. The number of hydrogen-bond acceptors (Lipinski definition) is 4. The number of carboxylic acids is 1. The molecule has 6 nitrogen and oxygen atoms in total.